The SMILES string of the molecule is COCCCC[C@@](O)(c1ccccc1-c1ccccc1F)[C@@H]1CCCN(C(=O)[C@@H]2CC[C@H](N)C2)C1. The van der Waals surface area contributed by atoms with Gasteiger partial charge in [0.25, 0.3) is 0 Å². The molecule has 1 heterocycles. The molecular formula is C29H39FN2O3. The number of aliphatic hydroxyl groups is 1. The minimum atomic E-state index is -1.18. The molecule has 0 aromatic heterocycles. The van der Waals surface area contributed by atoms with Gasteiger partial charge in [-0.1, -0.05) is 42.5 Å². The number of amides is 1. The van der Waals surface area contributed by atoms with E-state index in [2.05, 4.69) is 0 Å². The maximum absolute atomic E-state index is 14.8. The Balaban J connectivity index is 1.65. The summed E-state index contributed by atoms with van der Waals surface area (Å²) in [6, 6.07) is 14.4. The quantitative estimate of drug-likeness (QED) is 0.501. The van der Waals surface area contributed by atoms with Gasteiger partial charge in [0.05, 0.1) is 5.60 Å². The Kier molecular flexibility index (Phi) is 8.58. The average molecular weight is 483 g/mol. The summed E-state index contributed by atoms with van der Waals surface area (Å²) >= 11 is 0. The van der Waals surface area contributed by atoms with Crippen LogP contribution in [0.1, 0.15) is 56.9 Å². The van der Waals surface area contributed by atoms with Crippen LogP contribution in [0, 0.1) is 17.7 Å². The van der Waals surface area contributed by atoms with Gasteiger partial charge in [0.1, 0.15) is 5.82 Å². The summed E-state index contributed by atoms with van der Waals surface area (Å²) in [5, 5.41) is 12.4. The molecule has 35 heavy (non-hydrogen) atoms. The highest BCUT2D eigenvalue weighted by atomic mass is 19.1. The van der Waals surface area contributed by atoms with E-state index in [9.17, 15) is 14.3 Å². The van der Waals surface area contributed by atoms with E-state index >= 15 is 0 Å². The van der Waals surface area contributed by atoms with Crippen molar-refractivity contribution in [3.8, 4) is 11.1 Å². The van der Waals surface area contributed by atoms with Gasteiger partial charge in [0.2, 0.25) is 5.91 Å². The lowest BCUT2D eigenvalue weighted by Crippen LogP contribution is -2.49. The van der Waals surface area contributed by atoms with Gasteiger partial charge in [0.15, 0.2) is 0 Å². The van der Waals surface area contributed by atoms with Gasteiger partial charge in [0, 0.05) is 50.2 Å². The molecule has 1 amide bonds. The molecule has 0 bridgehead atoms. The van der Waals surface area contributed by atoms with Crippen molar-refractivity contribution in [2.45, 2.75) is 63.0 Å². The molecule has 2 aliphatic rings. The van der Waals surface area contributed by atoms with Crippen molar-refractivity contribution in [2.24, 2.45) is 17.6 Å². The van der Waals surface area contributed by atoms with Crippen molar-refractivity contribution in [1.82, 2.24) is 4.90 Å². The standard InChI is InChI=1S/C29H39FN2O3/c1-35-18-7-6-16-29(34,26-12-4-2-10-24(26)25-11-3-5-13-27(25)30)22-9-8-17-32(20-22)28(33)21-14-15-23(31)19-21/h2-5,10-13,21-23,34H,6-9,14-20,31H2,1H3/t21-,22-,23+,29+/m1/s1. The lowest BCUT2D eigenvalue weighted by atomic mass is 9.72. The fraction of sp³-hybridized carbons (Fsp3) is 0.552. The number of carbonyl (C=O) groups excluding carboxylic acids is 1. The third-order valence-corrected chi connectivity index (χ3v) is 7.94. The minimum absolute atomic E-state index is 0.00996. The molecule has 1 aliphatic heterocycles. The summed E-state index contributed by atoms with van der Waals surface area (Å²) < 4.78 is 20.1. The summed E-state index contributed by atoms with van der Waals surface area (Å²) in [6.45, 7) is 1.86. The van der Waals surface area contributed by atoms with Gasteiger partial charge in [-0.25, -0.2) is 4.39 Å². The topological polar surface area (TPSA) is 75.8 Å². The Hall–Kier alpha value is -2.28. The largest absolute Gasteiger partial charge is 0.385 e. The number of hydrogen-bond donors (Lipinski definition) is 2. The Morgan fingerprint density at radius 1 is 1.11 bits per heavy atom. The first kappa shape index (κ1) is 25.8. The summed E-state index contributed by atoms with van der Waals surface area (Å²) in [7, 11) is 1.68. The molecule has 4 rings (SSSR count). The van der Waals surface area contributed by atoms with Gasteiger partial charge in [-0.15, -0.1) is 0 Å². The van der Waals surface area contributed by atoms with Crippen LogP contribution in [0.3, 0.4) is 0 Å². The van der Waals surface area contributed by atoms with Crippen molar-refractivity contribution >= 4 is 5.91 Å². The van der Waals surface area contributed by atoms with E-state index in [1.165, 1.54) is 6.07 Å². The van der Waals surface area contributed by atoms with Crippen molar-refractivity contribution in [3.63, 3.8) is 0 Å². The van der Waals surface area contributed by atoms with Crippen molar-refractivity contribution in [2.75, 3.05) is 26.8 Å². The summed E-state index contributed by atoms with van der Waals surface area (Å²) in [4.78, 5) is 15.3. The molecule has 2 aromatic carbocycles. The highest BCUT2D eigenvalue weighted by molar-refractivity contribution is 5.79. The number of nitrogens with zero attached hydrogens (tertiary/aromatic N) is 1. The lowest BCUT2D eigenvalue weighted by Gasteiger charge is -2.44. The molecule has 0 spiro atoms. The van der Waals surface area contributed by atoms with E-state index in [1.807, 2.05) is 35.2 Å². The number of ether oxygens (including phenoxy) is 1. The number of nitrogens with two attached hydrogens (primary N) is 1. The molecule has 1 aliphatic carbocycles. The Morgan fingerprint density at radius 3 is 2.57 bits per heavy atom. The number of likely N-dealkylation sites (tertiary alicyclic amines) is 1. The van der Waals surface area contributed by atoms with Crippen LogP contribution in [0.4, 0.5) is 4.39 Å². The van der Waals surface area contributed by atoms with Crippen molar-refractivity contribution in [1.29, 1.82) is 0 Å². The van der Waals surface area contributed by atoms with E-state index in [0.29, 0.717) is 30.7 Å². The van der Waals surface area contributed by atoms with Crippen molar-refractivity contribution < 1.29 is 19.0 Å². The molecule has 190 valence electrons. The predicted octanol–water partition coefficient (Wildman–Crippen LogP) is 4.86. The number of rotatable bonds is 9. The molecule has 1 saturated heterocycles. The molecule has 2 aromatic rings. The average Bonchev–Trinajstić information content (AvgIpc) is 3.32. The maximum Gasteiger partial charge on any atom is 0.225 e. The zero-order valence-electron chi connectivity index (χ0n) is 20.8. The second kappa shape index (κ2) is 11.6. The molecule has 5 nitrogen and oxygen atoms in total. The van der Waals surface area contributed by atoms with E-state index in [4.69, 9.17) is 10.5 Å². The number of piperidine rings is 1. The summed E-state index contributed by atoms with van der Waals surface area (Å²) in [5.74, 6) is -0.276. The fourth-order valence-electron chi connectivity index (χ4n) is 6.04. The Bertz CT molecular complexity index is 999. The smallest absolute Gasteiger partial charge is 0.225 e. The molecule has 4 atom stereocenters. The number of carbonyl (C=O) groups is 1. The van der Waals surface area contributed by atoms with Gasteiger partial charge in [-0.2, -0.15) is 0 Å². The second-order valence-electron chi connectivity index (χ2n) is 10.3. The highest BCUT2D eigenvalue weighted by Gasteiger charge is 2.43. The van der Waals surface area contributed by atoms with Gasteiger partial charge >= 0.3 is 0 Å². The first-order valence-electron chi connectivity index (χ1n) is 13.0. The predicted molar refractivity (Wildman–Crippen MR) is 136 cm³/mol. The fourth-order valence-corrected chi connectivity index (χ4v) is 6.04. The number of methoxy groups -OCH3 is 1. The Morgan fingerprint density at radius 2 is 1.86 bits per heavy atom. The van der Waals surface area contributed by atoms with Crippen LogP contribution in [0.25, 0.3) is 11.1 Å². The van der Waals surface area contributed by atoms with Gasteiger partial charge in [-0.3, -0.25) is 4.79 Å². The highest BCUT2D eigenvalue weighted by Crippen LogP contribution is 2.44. The van der Waals surface area contributed by atoms with Crippen LogP contribution in [0.5, 0.6) is 0 Å². The van der Waals surface area contributed by atoms with Gasteiger partial charge < -0.3 is 20.5 Å². The minimum Gasteiger partial charge on any atom is -0.385 e. The normalized spacial score (nSPS) is 24.3. The van der Waals surface area contributed by atoms with E-state index in [0.717, 1.165) is 57.1 Å². The zero-order chi connectivity index (χ0) is 24.8. The van der Waals surface area contributed by atoms with E-state index in [-0.39, 0.29) is 29.6 Å². The summed E-state index contributed by atoms with van der Waals surface area (Å²) in [5.41, 5.74) is 6.84. The van der Waals surface area contributed by atoms with Crippen LogP contribution < -0.4 is 5.73 Å². The first-order chi connectivity index (χ1) is 16.9. The second-order valence-corrected chi connectivity index (χ2v) is 10.3. The van der Waals surface area contributed by atoms with Crippen molar-refractivity contribution in [3.05, 3.63) is 59.9 Å². The third kappa shape index (κ3) is 5.76. The first-order valence-corrected chi connectivity index (χ1v) is 13.0. The van der Waals surface area contributed by atoms with Crippen LogP contribution in [0.2, 0.25) is 0 Å². The Labute approximate surface area is 208 Å². The van der Waals surface area contributed by atoms with Crippen LogP contribution >= 0.6 is 0 Å². The molecule has 3 N–H and O–H groups in total. The molecule has 0 radical (unpaired) electrons. The van der Waals surface area contributed by atoms with Crippen LogP contribution in [-0.2, 0) is 15.1 Å². The molecule has 1 saturated carbocycles. The number of benzene rings is 2. The van der Waals surface area contributed by atoms with E-state index in [1.54, 1.807) is 19.2 Å². The number of halogens is 1. The zero-order valence-corrected chi connectivity index (χ0v) is 20.8. The van der Waals surface area contributed by atoms with Crippen LogP contribution in [-0.4, -0.2) is 48.8 Å². The summed E-state index contributed by atoms with van der Waals surface area (Å²) in [6.07, 6.45) is 6.29. The number of unbranched alkanes of at least 4 members (excludes halogenated alkanes) is 1. The van der Waals surface area contributed by atoms with Gasteiger partial charge in [-0.05, 0) is 68.6 Å². The van der Waals surface area contributed by atoms with Crippen LogP contribution in [0.15, 0.2) is 48.5 Å². The molecule has 2 fully saturated rings. The molecular weight excluding hydrogens is 443 g/mol. The molecule has 0 unspecified atom stereocenters. The maximum atomic E-state index is 14.8. The van der Waals surface area contributed by atoms with E-state index < -0.39 is 5.60 Å². The lowest BCUT2D eigenvalue weighted by molar-refractivity contribution is -0.140. The number of hydrogen-bond acceptors (Lipinski definition) is 4. The monoisotopic (exact) mass is 482 g/mol. The third-order valence-electron chi connectivity index (χ3n) is 7.94. The molecule has 6 heteroatoms.